The molecule has 0 aliphatic heterocycles. The van der Waals surface area contributed by atoms with E-state index in [1.54, 1.807) is 6.20 Å². The van der Waals surface area contributed by atoms with Gasteiger partial charge in [0, 0.05) is 34.4 Å². The summed E-state index contributed by atoms with van der Waals surface area (Å²) in [5.74, 6) is -1.29. The molecule has 5 heteroatoms. The molecule has 2 aromatic rings. The molecule has 2 N–H and O–H groups in total. The van der Waals surface area contributed by atoms with E-state index in [-0.39, 0.29) is 12.0 Å². The first-order chi connectivity index (χ1) is 8.97. The van der Waals surface area contributed by atoms with Crippen molar-refractivity contribution in [1.82, 2.24) is 4.98 Å². The number of aromatic nitrogens is 1. The molecule has 0 aliphatic rings. The summed E-state index contributed by atoms with van der Waals surface area (Å²) in [6.45, 7) is 1.92. The second-order valence-electron chi connectivity index (χ2n) is 4.42. The van der Waals surface area contributed by atoms with Crippen molar-refractivity contribution in [2.24, 2.45) is 5.73 Å². The highest BCUT2D eigenvalue weighted by Gasteiger charge is 2.18. The fraction of sp³-hybridized carbons (Fsp3) is 0.214. The van der Waals surface area contributed by atoms with Crippen molar-refractivity contribution in [3.05, 3.63) is 63.4 Å². The number of benzene rings is 1. The third kappa shape index (κ3) is 3.36. The SMILES string of the molecule is Cc1ccc(CC(N)c2c(F)cc(Br)cc2F)nc1. The van der Waals surface area contributed by atoms with Crippen molar-refractivity contribution in [2.75, 3.05) is 0 Å². The topological polar surface area (TPSA) is 38.9 Å². The maximum Gasteiger partial charge on any atom is 0.132 e. The predicted octanol–water partition coefficient (Wildman–Crippen LogP) is 3.67. The first-order valence-corrected chi connectivity index (χ1v) is 6.58. The van der Waals surface area contributed by atoms with Crippen LogP contribution in [0.2, 0.25) is 0 Å². The largest absolute Gasteiger partial charge is 0.323 e. The molecule has 0 radical (unpaired) electrons. The second-order valence-corrected chi connectivity index (χ2v) is 5.34. The molecule has 2 rings (SSSR count). The molecule has 1 aromatic carbocycles. The summed E-state index contributed by atoms with van der Waals surface area (Å²) >= 11 is 3.04. The second kappa shape index (κ2) is 5.75. The van der Waals surface area contributed by atoms with Crippen LogP contribution in [0.4, 0.5) is 8.78 Å². The number of pyridine rings is 1. The smallest absolute Gasteiger partial charge is 0.132 e. The molecule has 0 spiro atoms. The molecule has 1 aromatic heterocycles. The summed E-state index contributed by atoms with van der Waals surface area (Å²) in [4.78, 5) is 4.19. The van der Waals surface area contributed by atoms with Crippen molar-refractivity contribution in [3.8, 4) is 0 Å². The van der Waals surface area contributed by atoms with Gasteiger partial charge in [-0.1, -0.05) is 22.0 Å². The zero-order chi connectivity index (χ0) is 14.0. The van der Waals surface area contributed by atoms with E-state index >= 15 is 0 Å². The maximum absolute atomic E-state index is 13.8. The molecule has 100 valence electrons. The Kier molecular flexibility index (Phi) is 4.27. The van der Waals surface area contributed by atoms with Crippen LogP contribution < -0.4 is 5.73 Å². The summed E-state index contributed by atoms with van der Waals surface area (Å²) < 4.78 is 27.9. The van der Waals surface area contributed by atoms with Crippen LogP contribution in [0.15, 0.2) is 34.9 Å². The summed E-state index contributed by atoms with van der Waals surface area (Å²) in [6, 6.07) is 5.36. The van der Waals surface area contributed by atoms with E-state index < -0.39 is 17.7 Å². The van der Waals surface area contributed by atoms with Gasteiger partial charge in [0.15, 0.2) is 0 Å². The first-order valence-electron chi connectivity index (χ1n) is 5.79. The normalized spacial score (nSPS) is 12.5. The van der Waals surface area contributed by atoms with Crippen LogP contribution in [-0.4, -0.2) is 4.98 Å². The van der Waals surface area contributed by atoms with Gasteiger partial charge < -0.3 is 5.73 Å². The minimum Gasteiger partial charge on any atom is -0.323 e. The van der Waals surface area contributed by atoms with Gasteiger partial charge in [-0.3, -0.25) is 4.98 Å². The van der Waals surface area contributed by atoms with E-state index in [1.165, 1.54) is 12.1 Å². The van der Waals surface area contributed by atoms with Crippen LogP contribution in [0.25, 0.3) is 0 Å². The summed E-state index contributed by atoms with van der Waals surface area (Å²) in [5.41, 5.74) is 7.51. The van der Waals surface area contributed by atoms with Crippen LogP contribution >= 0.6 is 15.9 Å². The fourth-order valence-corrected chi connectivity index (χ4v) is 2.26. The Morgan fingerprint density at radius 2 is 1.89 bits per heavy atom. The lowest BCUT2D eigenvalue weighted by Crippen LogP contribution is -2.17. The number of rotatable bonds is 3. The van der Waals surface area contributed by atoms with Crippen molar-refractivity contribution in [2.45, 2.75) is 19.4 Å². The molecule has 2 nitrogen and oxygen atoms in total. The number of halogens is 3. The van der Waals surface area contributed by atoms with Crippen LogP contribution in [0, 0.1) is 18.6 Å². The molecule has 1 heterocycles. The van der Waals surface area contributed by atoms with Crippen LogP contribution in [-0.2, 0) is 6.42 Å². The quantitative estimate of drug-likeness (QED) is 0.934. The van der Waals surface area contributed by atoms with Crippen molar-refractivity contribution >= 4 is 15.9 Å². The highest BCUT2D eigenvalue weighted by atomic mass is 79.9. The van der Waals surface area contributed by atoms with Gasteiger partial charge in [0.1, 0.15) is 11.6 Å². The summed E-state index contributed by atoms with van der Waals surface area (Å²) in [7, 11) is 0. The highest BCUT2D eigenvalue weighted by molar-refractivity contribution is 9.10. The van der Waals surface area contributed by atoms with Crippen molar-refractivity contribution in [1.29, 1.82) is 0 Å². The zero-order valence-corrected chi connectivity index (χ0v) is 11.9. The molecule has 1 atom stereocenters. The molecule has 0 saturated heterocycles. The molecule has 0 amide bonds. The van der Waals surface area contributed by atoms with Gasteiger partial charge in [0.05, 0.1) is 0 Å². The van der Waals surface area contributed by atoms with Gasteiger partial charge in [0.25, 0.3) is 0 Å². The molecule has 0 aliphatic carbocycles. The summed E-state index contributed by atoms with van der Waals surface area (Å²) in [6.07, 6.45) is 1.99. The third-order valence-electron chi connectivity index (χ3n) is 2.82. The fourth-order valence-electron chi connectivity index (χ4n) is 1.85. The molecule has 0 saturated carbocycles. The Morgan fingerprint density at radius 3 is 2.42 bits per heavy atom. The lowest BCUT2D eigenvalue weighted by atomic mass is 10.0. The van der Waals surface area contributed by atoms with E-state index in [2.05, 4.69) is 20.9 Å². The van der Waals surface area contributed by atoms with E-state index in [0.29, 0.717) is 10.2 Å². The highest BCUT2D eigenvalue weighted by Crippen LogP contribution is 2.25. The molecular weight excluding hydrogens is 314 g/mol. The van der Waals surface area contributed by atoms with E-state index in [9.17, 15) is 8.78 Å². The number of hydrogen-bond donors (Lipinski definition) is 1. The average molecular weight is 327 g/mol. The lowest BCUT2D eigenvalue weighted by molar-refractivity contribution is 0.522. The van der Waals surface area contributed by atoms with Crippen LogP contribution in [0.5, 0.6) is 0 Å². The Bertz CT molecular complexity index is 561. The van der Waals surface area contributed by atoms with Gasteiger partial charge in [-0.15, -0.1) is 0 Å². The third-order valence-corrected chi connectivity index (χ3v) is 3.27. The molecule has 0 bridgehead atoms. The summed E-state index contributed by atoms with van der Waals surface area (Å²) in [5, 5.41) is 0. The minimum atomic E-state index is -0.761. The van der Waals surface area contributed by atoms with Gasteiger partial charge >= 0.3 is 0 Å². The van der Waals surface area contributed by atoms with Crippen molar-refractivity contribution < 1.29 is 8.78 Å². The molecule has 1 unspecified atom stereocenters. The molecule has 0 fully saturated rings. The van der Waals surface area contributed by atoms with E-state index in [1.807, 2.05) is 19.1 Å². The number of nitrogens with two attached hydrogens (primary N) is 1. The number of aryl methyl sites for hydroxylation is 1. The van der Waals surface area contributed by atoms with Crippen LogP contribution in [0.1, 0.15) is 22.9 Å². The lowest BCUT2D eigenvalue weighted by Gasteiger charge is -2.14. The number of hydrogen-bond acceptors (Lipinski definition) is 2. The molecular formula is C14H13BrF2N2. The predicted molar refractivity (Wildman–Crippen MR) is 73.7 cm³/mol. The van der Waals surface area contributed by atoms with E-state index in [4.69, 9.17) is 5.73 Å². The first kappa shape index (κ1) is 14.1. The monoisotopic (exact) mass is 326 g/mol. The zero-order valence-electron chi connectivity index (χ0n) is 10.3. The standard InChI is InChI=1S/C14H13BrF2N2/c1-8-2-3-10(19-7-8)6-13(18)14-11(16)4-9(15)5-12(14)17/h2-5,7,13H,6,18H2,1H3. The Balaban J connectivity index is 2.25. The Hall–Kier alpha value is -1.33. The van der Waals surface area contributed by atoms with Gasteiger partial charge in [-0.2, -0.15) is 0 Å². The molecule has 19 heavy (non-hydrogen) atoms. The van der Waals surface area contributed by atoms with Gasteiger partial charge in [-0.05, 0) is 30.7 Å². The maximum atomic E-state index is 13.8. The average Bonchev–Trinajstić information content (AvgIpc) is 2.30. The Morgan fingerprint density at radius 1 is 1.26 bits per heavy atom. The van der Waals surface area contributed by atoms with Crippen molar-refractivity contribution in [3.63, 3.8) is 0 Å². The van der Waals surface area contributed by atoms with Gasteiger partial charge in [-0.25, -0.2) is 8.78 Å². The Labute approximate surface area is 118 Å². The number of nitrogens with zero attached hydrogens (tertiary/aromatic N) is 1. The van der Waals surface area contributed by atoms with Gasteiger partial charge in [0.2, 0.25) is 0 Å². The van der Waals surface area contributed by atoms with E-state index in [0.717, 1.165) is 5.56 Å². The minimum absolute atomic E-state index is 0.106. The van der Waals surface area contributed by atoms with Crippen LogP contribution in [0.3, 0.4) is 0 Å².